The summed E-state index contributed by atoms with van der Waals surface area (Å²) in [5.74, 6) is 1.04. The number of phenolic OH excluding ortho intramolecular Hbond substituents is 1. The van der Waals surface area contributed by atoms with Crippen molar-refractivity contribution in [1.29, 1.82) is 0 Å². The standard InChI is InChI=1S/C14H15NO2S/c1-2-9-17-13-7-4-8-15-14(13)18-12-6-3-5-11(16)10-12/h3-8,10,16H,2,9H2,1H3. The molecule has 0 aliphatic rings. The molecule has 0 saturated carbocycles. The van der Waals surface area contributed by atoms with Crippen LogP contribution in [0.25, 0.3) is 0 Å². The summed E-state index contributed by atoms with van der Waals surface area (Å²) in [6.45, 7) is 2.75. The minimum absolute atomic E-state index is 0.256. The van der Waals surface area contributed by atoms with Gasteiger partial charge in [0.25, 0.3) is 0 Å². The quantitative estimate of drug-likeness (QED) is 0.890. The van der Waals surface area contributed by atoms with Crippen molar-refractivity contribution >= 4 is 11.8 Å². The van der Waals surface area contributed by atoms with E-state index in [4.69, 9.17) is 4.74 Å². The molecule has 2 rings (SSSR count). The predicted octanol–water partition coefficient (Wildman–Crippen LogP) is 3.73. The Labute approximate surface area is 111 Å². The molecule has 0 amide bonds. The van der Waals surface area contributed by atoms with Crippen LogP contribution >= 0.6 is 11.8 Å². The number of phenols is 1. The molecule has 0 spiro atoms. The van der Waals surface area contributed by atoms with Gasteiger partial charge in [-0.2, -0.15) is 0 Å². The van der Waals surface area contributed by atoms with Gasteiger partial charge in [0, 0.05) is 11.1 Å². The van der Waals surface area contributed by atoms with Crippen molar-refractivity contribution < 1.29 is 9.84 Å². The number of nitrogens with zero attached hydrogens (tertiary/aromatic N) is 1. The number of benzene rings is 1. The molecule has 0 aliphatic carbocycles. The van der Waals surface area contributed by atoms with E-state index in [-0.39, 0.29) is 5.75 Å². The number of pyridine rings is 1. The summed E-state index contributed by atoms with van der Waals surface area (Å²) in [7, 11) is 0. The number of hydrogen-bond acceptors (Lipinski definition) is 4. The maximum atomic E-state index is 9.44. The molecular weight excluding hydrogens is 246 g/mol. The minimum atomic E-state index is 0.256. The summed E-state index contributed by atoms with van der Waals surface area (Å²) < 4.78 is 5.64. The molecule has 0 unspecified atom stereocenters. The smallest absolute Gasteiger partial charge is 0.151 e. The lowest BCUT2D eigenvalue weighted by molar-refractivity contribution is 0.307. The number of hydrogen-bond donors (Lipinski definition) is 1. The molecule has 0 saturated heterocycles. The number of aromatic nitrogens is 1. The van der Waals surface area contributed by atoms with Crippen LogP contribution in [0, 0.1) is 0 Å². The molecule has 94 valence electrons. The van der Waals surface area contributed by atoms with Crippen LogP contribution in [0.5, 0.6) is 11.5 Å². The van der Waals surface area contributed by atoms with Gasteiger partial charge in [0.15, 0.2) is 5.75 Å². The van der Waals surface area contributed by atoms with Gasteiger partial charge in [-0.25, -0.2) is 4.98 Å². The molecule has 1 heterocycles. The lowest BCUT2D eigenvalue weighted by Gasteiger charge is -2.09. The third-order valence-electron chi connectivity index (χ3n) is 2.23. The maximum absolute atomic E-state index is 9.44. The lowest BCUT2D eigenvalue weighted by atomic mass is 10.3. The van der Waals surface area contributed by atoms with Crippen LogP contribution in [-0.2, 0) is 0 Å². The van der Waals surface area contributed by atoms with Crippen LogP contribution in [0.2, 0.25) is 0 Å². The second-order valence-corrected chi connectivity index (χ2v) is 4.82. The Morgan fingerprint density at radius 1 is 1.28 bits per heavy atom. The second kappa shape index (κ2) is 6.31. The van der Waals surface area contributed by atoms with Crippen molar-refractivity contribution in [3.05, 3.63) is 42.6 Å². The van der Waals surface area contributed by atoms with Gasteiger partial charge in [-0.3, -0.25) is 0 Å². The Balaban J connectivity index is 2.17. The van der Waals surface area contributed by atoms with E-state index in [1.165, 1.54) is 11.8 Å². The summed E-state index contributed by atoms with van der Waals surface area (Å²) >= 11 is 1.48. The molecule has 0 bridgehead atoms. The molecule has 3 nitrogen and oxygen atoms in total. The van der Waals surface area contributed by atoms with Crippen LogP contribution in [0.1, 0.15) is 13.3 Å². The van der Waals surface area contributed by atoms with Gasteiger partial charge in [-0.05, 0) is 36.8 Å². The molecule has 0 atom stereocenters. The molecule has 18 heavy (non-hydrogen) atoms. The predicted molar refractivity (Wildman–Crippen MR) is 72.3 cm³/mol. The van der Waals surface area contributed by atoms with Crippen molar-refractivity contribution in [3.63, 3.8) is 0 Å². The van der Waals surface area contributed by atoms with Crippen molar-refractivity contribution in [2.24, 2.45) is 0 Å². The van der Waals surface area contributed by atoms with Crippen LogP contribution in [0.15, 0.2) is 52.5 Å². The third kappa shape index (κ3) is 3.40. The normalized spacial score (nSPS) is 10.3. The van der Waals surface area contributed by atoms with E-state index in [1.807, 2.05) is 24.3 Å². The summed E-state index contributed by atoms with van der Waals surface area (Å²) in [6.07, 6.45) is 2.70. The molecule has 0 radical (unpaired) electrons. The second-order valence-electron chi connectivity index (χ2n) is 3.75. The summed E-state index contributed by atoms with van der Waals surface area (Å²) in [4.78, 5) is 5.25. The first kappa shape index (κ1) is 12.8. The van der Waals surface area contributed by atoms with Crippen LogP contribution < -0.4 is 4.74 Å². The SMILES string of the molecule is CCCOc1cccnc1Sc1cccc(O)c1. The first-order chi connectivity index (χ1) is 8.79. The largest absolute Gasteiger partial charge is 0.508 e. The Morgan fingerprint density at radius 3 is 2.94 bits per heavy atom. The summed E-state index contributed by atoms with van der Waals surface area (Å²) in [5, 5.41) is 10.3. The first-order valence-corrected chi connectivity index (χ1v) is 6.66. The van der Waals surface area contributed by atoms with Crippen LogP contribution in [0.3, 0.4) is 0 Å². The van der Waals surface area contributed by atoms with E-state index < -0.39 is 0 Å². The van der Waals surface area contributed by atoms with E-state index >= 15 is 0 Å². The number of ether oxygens (including phenoxy) is 1. The van der Waals surface area contributed by atoms with Gasteiger partial charge in [0.1, 0.15) is 10.8 Å². The van der Waals surface area contributed by atoms with E-state index in [2.05, 4.69) is 11.9 Å². The highest BCUT2D eigenvalue weighted by Crippen LogP contribution is 2.34. The first-order valence-electron chi connectivity index (χ1n) is 5.84. The van der Waals surface area contributed by atoms with E-state index in [9.17, 15) is 5.11 Å². The summed E-state index contributed by atoms with van der Waals surface area (Å²) in [5.41, 5.74) is 0. The molecule has 0 fully saturated rings. The van der Waals surface area contributed by atoms with Gasteiger partial charge in [0.05, 0.1) is 6.61 Å². The van der Waals surface area contributed by atoms with Gasteiger partial charge < -0.3 is 9.84 Å². The zero-order chi connectivity index (χ0) is 12.8. The van der Waals surface area contributed by atoms with E-state index in [0.717, 1.165) is 22.1 Å². The molecule has 1 aromatic heterocycles. The topological polar surface area (TPSA) is 42.4 Å². The average molecular weight is 261 g/mol. The van der Waals surface area contributed by atoms with Gasteiger partial charge >= 0.3 is 0 Å². The van der Waals surface area contributed by atoms with Gasteiger partial charge in [-0.15, -0.1) is 0 Å². The Bertz CT molecular complexity index is 517. The van der Waals surface area contributed by atoms with Crippen molar-refractivity contribution in [3.8, 4) is 11.5 Å². The molecule has 0 aliphatic heterocycles. The Hall–Kier alpha value is -1.68. The molecule has 4 heteroatoms. The van der Waals surface area contributed by atoms with Crippen LogP contribution in [-0.4, -0.2) is 16.7 Å². The maximum Gasteiger partial charge on any atom is 0.151 e. The van der Waals surface area contributed by atoms with E-state index in [0.29, 0.717) is 6.61 Å². The third-order valence-corrected chi connectivity index (χ3v) is 3.22. The highest BCUT2D eigenvalue weighted by Gasteiger charge is 2.06. The molecule has 2 aromatic rings. The van der Waals surface area contributed by atoms with Crippen molar-refractivity contribution in [1.82, 2.24) is 4.98 Å². The average Bonchev–Trinajstić information content (AvgIpc) is 2.38. The van der Waals surface area contributed by atoms with Crippen molar-refractivity contribution in [2.45, 2.75) is 23.3 Å². The fourth-order valence-corrected chi connectivity index (χ4v) is 2.32. The number of rotatable bonds is 5. The lowest BCUT2D eigenvalue weighted by Crippen LogP contribution is -1.97. The minimum Gasteiger partial charge on any atom is -0.508 e. The Kier molecular flexibility index (Phi) is 4.47. The van der Waals surface area contributed by atoms with Crippen LogP contribution in [0.4, 0.5) is 0 Å². The fourth-order valence-electron chi connectivity index (χ4n) is 1.43. The molecule has 1 N–H and O–H groups in total. The molecular formula is C14H15NO2S. The molecule has 1 aromatic carbocycles. The van der Waals surface area contributed by atoms with Gasteiger partial charge in [-0.1, -0.05) is 24.8 Å². The summed E-state index contributed by atoms with van der Waals surface area (Å²) in [6, 6.07) is 10.9. The van der Waals surface area contributed by atoms with Gasteiger partial charge in [0.2, 0.25) is 0 Å². The zero-order valence-electron chi connectivity index (χ0n) is 10.2. The highest BCUT2D eigenvalue weighted by atomic mass is 32.2. The van der Waals surface area contributed by atoms with Crippen molar-refractivity contribution in [2.75, 3.05) is 6.61 Å². The fraction of sp³-hybridized carbons (Fsp3) is 0.214. The zero-order valence-corrected chi connectivity index (χ0v) is 11.0. The monoisotopic (exact) mass is 261 g/mol. The van der Waals surface area contributed by atoms with E-state index in [1.54, 1.807) is 18.3 Å². The number of aromatic hydroxyl groups is 1. The highest BCUT2D eigenvalue weighted by molar-refractivity contribution is 7.99. The Morgan fingerprint density at radius 2 is 2.17 bits per heavy atom.